The minimum absolute atomic E-state index is 0. The van der Waals surface area contributed by atoms with Crippen LogP contribution in [0, 0.1) is 17.2 Å². The van der Waals surface area contributed by atoms with Crippen molar-refractivity contribution in [3.05, 3.63) is 34.9 Å². The van der Waals surface area contributed by atoms with Crippen LogP contribution < -0.4 is 11.1 Å². The summed E-state index contributed by atoms with van der Waals surface area (Å²) in [7, 11) is 0. The number of nitrogens with zero attached hydrogens (tertiary/aromatic N) is 1. The lowest BCUT2D eigenvalue weighted by Gasteiger charge is -2.25. The third-order valence-electron chi connectivity index (χ3n) is 4.08. The predicted octanol–water partition coefficient (Wildman–Crippen LogP) is 3.13. The van der Waals surface area contributed by atoms with Gasteiger partial charge < -0.3 is 11.1 Å². The third-order valence-corrected chi connectivity index (χ3v) is 4.08. The number of nitrogens with one attached hydrogen (secondary N) is 1. The van der Waals surface area contributed by atoms with E-state index in [1.165, 1.54) is 12.1 Å². The van der Waals surface area contributed by atoms with E-state index in [1.54, 1.807) is 6.07 Å². The van der Waals surface area contributed by atoms with E-state index in [4.69, 9.17) is 11.0 Å². The highest BCUT2D eigenvalue weighted by molar-refractivity contribution is 5.85. The van der Waals surface area contributed by atoms with Crippen molar-refractivity contribution in [1.29, 1.82) is 5.26 Å². The van der Waals surface area contributed by atoms with Crippen LogP contribution in [-0.4, -0.2) is 11.9 Å². The number of amides is 1. The molecule has 2 atom stereocenters. The van der Waals surface area contributed by atoms with Crippen LogP contribution in [-0.2, 0) is 17.5 Å². The van der Waals surface area contributed by atoms with Gasteiger partial charge in [-0.1, -0.05) is 12.5 Å². The van der Waals surface area contributed by atoms with Crippen LogP contribution in [0.2, 0.25) is 0 Å². The average molecular weight is 362 g/mol. The average Bonchev–Trinajstić information content (AvgIpc) is 2.51. The number of halogens is 4. The number of hydrogen-bond acceptors (Lipinski definition) is 3. The van der Waals surface area contributed by atoms with Crippen molar-refractivity contribution in [3.8, 4) is 6.07 Å². The Morgan fingerprint density at radius 3 is 2.67 bits per heavy atom. The van der Waals surface area contributed by atoms with Crippen molar-refractivity contribution in [2.45, 2.75) is 44.4 Å². The minimum atomic E-state index is -4.57. The molecule has 0 saturated heterocycles. The maximum absolute atomic E-state index is 13.1. The van der Waals surface area contributed by atoms with E-state index in [1.807, 2.05) is 0 Å². The molecule has 2 rings (SSSR count). The van der Waals surface area contributed by atoms with E-state index in [0.717, 1.165) is 18.9 Å². The summed E-state index contributed by atoms with van der Waals surface area (Å²) in [6.07, 6.45) is -1.58. The first-order valence-corrected chi connectivity index (χ1v) is 7.44. The molecular weight excluding hydrogens is 343 g/mol. The number of carbonyl (C=O) groups excluding carboxylic acids is 1. The van der Waals surface area contributed by atoms with E-state index in [0.29, 0.717) is 12.8 Å². The van der Waals surface area contributed by atoms with E-state index >= 15 is 0 Å². The first kappa shape index (κ1) is 20.3. The van der Waals surface area contributed by atoms with Gasteiger partial charge >= 0.3 is 6.18 Å². The Kier molecular flexibility index (Phi) is 7.06. The van der Waals surface area contributed by atoms with E-state index in [2.05, 4.69) is 5.32 Å². The monoisotopic (exact) mass is 361 g/mol. The second kappa shape index (κ2) is 8.36. The van der Waals surface area contributed by atoms with Gasteiger partial charge in [-0.25, -0.2) is 0 Å². The Hall–Kier alpha value is -1.78. The molecule has 4 nitrogen and oxygen atoms in total. The topological polar surface area (TPSA) is 78.9 Å². The standard InChI is InChI=1S/C16H18F3N3O.ClH/c17-16(18,19)14-6-10(8-20)4-5-12(14)9-22-15(23)11-2-1-3-13(21)7-11;/h4-6,11,13H,1-3,7,9,21H2,(H,22,23);1H/t11-,13+;/m1./s1. The number of nitrogens with two attached hydrogens (primary N) is 1. The Balaban J connectivity index is 0.00000288. The Bertz CT molecular complexity index is 628. The quantitative estimate of drug-likeness (QED) is 0.868. The lowest BCUT2D eigenvalue weighted by molar-refractivity contribution is -0.138. The first-order chi connectivity index (χ1) is 10.8. The molecule has 1 aromatic rings. The molecule has 1 amide bonds. The SMILES string of the molecule is Cl.N#Cc1ccc(CNC(=O)[C@@H]2CCC[C@H](N)C2)c(C(F)(F)F)c1. The highest BCUT2D eigenvalue weighted by Crippen LogP contribution is 2.33. The molecule has 0 heterocycles. The largest absolute Gasteiger partial charge is 0.416 e. The van der Waals surface area contributed by atoms with E-state index in [9.17, 15) is 18.0 Å². The van der Waals surface area contributed by atoms with Crippen LogP contribution in [0.5, 0.6) is 0 Å². The fraction of sp³-hybridized carbons (Fsp3) is 0.500. The third kappa shape index (κ3) is 5.11. The summed E-state index contributed by atoms with van der Waals surface area (Å²) in [5.74, 6) is -0.510. The molecule has 1 saturated carbocycles. The number of rotatable bonds is 3. The number of alkyl halides is 3. The molecule has 0 aliphatic heterocycles. The molecule has 0 radical (unpaired) electrons. The van der Waals surface area contributed by atoms with Gasteiger partial charge in [0, 0.05) is 18.5 Å². The van der Waals surface area contributed by atoms with Crippen LogP contribution in [0.15, 0.2) is 18.2 Å². The maximum Gasteiger partial charge on any atom is 0.416 e. The second-order valence-electron chi connectivity index (χ2n) is 5.82. The zero-order chi connectivity index (χ0) is 17.0. The normalized spacial score (nSPS) is 20.6. The van der Waals surface area contributed by atoms with Gasteiger partial charge in [0.05, 0.1) is 17.2 Å². The van der Waals surface area contributed by atoms with Crippen LogP contribution >= 0.6 is 12.4 Å². The van der Waals surface area contributed by atoms with Crippen molar-refractivity contribution in [3.63, 3.8) is 0 Å². The lowest BCUT2D eigenvalue weighted by atomic mass is 9.85. The van der Waals surface area contributed by atoms with Gasteiger partial charge in [-0.3, -0.25) is 4.79 Å². The molecule has 0 unspecified atom stereocenters. The molecule has 24 heavy (non-hydrogen) atoms. The zero-order valence-electron chi connectivity index (χ0n) is 12.9. The van der Waals surface area contributed by atoms with Crippen molar-refractivity contribution in [1.82, 2.24) is 5.32 Å². The molecule has 132 valence electrons. The number of hydrogen-bond donors (Lipinski definition) is 2. The zero-order valence-corrected chi connectivity index (χ0v) is 13.7. The summed E-state index contributed by atoms with van der Waals surface area (Å²) in [4.78, 5) is 12.1. The summed E-state index contributed by atoms with van der Waals surface area (Å²) in [5.41, 5.74) is 4.82. The van der Waals surface area contributed by atoms with E-state index in [-0.39, 0.29) is 47.9 Å². The van der Waals surface area contributed by atoms with Gasteiger partial charge in [-0.15, -0.1) is 12.4 Å². The van der Waals surface area contributed by atoms with Gasteiger partial charge in [-0.2, -0.15) is 18.4 Å². The molecule has 8 heteroatoms. The number of nitriles is 1. The number of benzene rings is 1. The van der Waals surface area contributed by atoms with Gasteiger partial charge in [0.2, 0.25) is 5.91 Å². The van der Waals surface area contributed by atoms with Crippen molar-refractivity contribution >= 4 is 18.3 Å². The van der Waals surface area contributed by atoms with Crippen molar-refractivity contribution < 1.29 is 18.0 Å². The summed E-state index contributed by atoms with van der Waals surface area (Å²) >= 11 is 0. The maximum atomic E-state index is 13.1. The highest BCUT2D eigenvalue weighted by Gasteiger charge is 2.34. The van der Waals surface area contributed by atoms with E-state index < -0.39 is 11.7 Å². The summed E-state index contributed by atoms with van der Waals surface area (Å²) < 4.78 is 39.2. The lowest BCUT2D eigenvalue weighted by Crippen LogP contribution is -2.37. The van der Waals surface area contributed by atoms with Gasteiger partial charge in [-0.05, 0) is 37.0 Å². The molecule has 0 aromatic heterocycles. The fourth-order valence-corrected chi connectivity index (χ4v) is 2.86. The van der Waals surface area contributed by atoms with Crippen LogP contribution in [0.4, 0.5) is 13.2 Å². The Morgan fingerprint density at radius 1 is 1.38 bits per heavy atom. The smallest absolute Gasteiger partial charge is 0.352 e. The molecule has 0 bridgehead atoms. The van der Waals surface area contributed by atoms with Gasteiger partial charge in [0.25, 0.3) is 0 Å². The van der Waals surface area contributed by atoms with Crippen LogP contribution in [0.25, 0.3) is 0 Å². The minimum Gasteiger partial charge on any atom is -0.352 e. The summed E-state index contributed by atoms with van der Waals surface area (Å²) in [6.45, 7) is -0.217. The highest BCUT2D eigenvalue weighted by atomic mass is 35.5. The first-order valence-electron chi connectivity index (χ1n) is 7.44. The molecule has 1 aromatic carbocycles. The summed E-state index contributed by atoms with van der Waals surface area (Å²) in [6, 6.07) is 5.01. The van der Waals surface area contributed by atoms with Crippen molar-refractivity contribution in [2.75, 3.05) is 0 Å². The van der Waals surface area contributed by atoms with Gasteiger partial charge in [0.15, 0.2) is 0 Å². The predicted molar refractivity (Wildman–Crippen MR) is 85.2 cm³/mol. The molecule has 1 aliphatic carbocycles. The molecule has 0 spiro atoms. The molecule has 3 N–H and O–H groups in total. The summed E-state index contributed by atoms with van der Waals surface area (Å²) in [5, 5.41) is 11.3. The number of carbonyl (C=O) groups is 1. The molecule has 1 aliphatic rings. The fourth-order valence-electron chi connectivity index (χ4n) is 2.86. The second-order valence-corrected chi connectivity index (χ2v) is 5.82. The van der Waals surface area contributed by atoms with Gasteiger partial charge in [0.1, 0.15) is 0 Å². The van der Waals surface area contributed by atoms with Crippen molar-refractivity contribution in [2.24, 2.45) is 11.7 Å². The van der Waals surface area contributed by atoms with Crippen LogP contribution in [0.1, 0.15) is 42.4 Å². The molecular formula is C16H19ClF3N3O. The Morgan fingerprint density at radius 2 is 2.08 bits per heavy atom. The Labute approximate surface area is 144 Å². The van der Waals surface area contributed by atoms with Crippen LogP contribution in [0.3, 0.4) is 0 Å². The molecule has 1 fully saturated rings.